The van der Waals surface area contributed by atoms with Crippen molar-refractivity contribution in [2.75, 3.05) is 27.2 Å². The molecule has 0 spiro atoms. The van der Waals surface area contributed by atoms with E-state index in [1.54, 1.807) is 0 Å². The van der Waals surface area contributed by atoms with Crippen LogP contribution in [0.5, 0.6) is 0 Å². The predicted molar refractivity (Wildman–Crippen MR) is 56.6 cm³/mol. The number of likely N-dealkylation sites (tertiary alicyclic amines) is 1. The molecular formula is C10H23N3. The van der Waals surface area contributed by atoms with Crippen molar-refractivity contribution in [3.05, 3.63) is 0 Å². The van der Waals surface area contributed by atoms with Crippen LogP contribution in [0.1, 0.15) is 26.7 Å². The standard InChI is InChI=1S/C10H23N3/c1-9(2)13-7-5-10(6-8-13)11-12(3)4/h9-11H,5-8H2,1-4H3. The van der Waals surface area contributed by atoms with Crippen LogP contribution in [0, 0.1) is 0 Å². The van der Waals surface area contributed by atoms with Crippen LogP contribution < -0.4 is 5.43 Å². The van der Waals surface area contributed by atoms with Crippen molar-refractivity contribution >= 4 is 0 Å². The first-order valence-corrected chi connectivity index (χ1v) is 5.27. The zero-order valence-electron chi connectivity index (χ0n) is 9.38. The molecule has 0 radical (unpaired) electrons. The predicted octanol–water partition coefficient (Wildman–Crippen LogP) is 0.925. The maximum atomic E-state index is 3.45. The number of nitrogens with one attached hydrogen (secondary N) is 1. The van der Waals surface area contributed by atoms with Gasteiger partial charge in [0.2, 0.25) is 0 Å². The molecule has 0 saturated carbocycles. The van der Waals surface area contributed by atoms with Crippen molar-refractivity contribution < 1.29 is 0 Å². The second-order valence-corrected chi connectivity index (χ2v) is 4.43. The number of rotatable bonds is 3. The third-order valence-electron chi connectivity index (χ3n) is 2.70. The van der Waals surface area contributed by atoms with Gasteiger partial charge in [0.05, 0.1) is 0 Å². The van der Waals surface area contributed by atoms with Gasteiger partial charge in [0.1, 0.15) is 0 Å². The first-order chi connectivity index (χ1) is 6.09. The minimum atomic E-state index is 0.685. The SMILES string of the molecule is CC(C)N1CCC(NN(C)C)CC1. The topological polar surface area (TPSA) is 18.5 Å². The van der Waals surface area contributed by atoms with Crippen LogP contribution >= 0.6 is 0 Å². The van der Waals surface area contributed by atoms with Gasteiger partial charge in [-0.3, -0.25) is 10.4 Å². The molecule has 0 bridgehead atoms. The van der Waals surface area contributed by atoms with E-state index in [9.17, 15) is 0 Å². The number of piperidine rings is 1. The first kappa shape index (κ1) is 11.0. The summed E-state index contributed by atoms with van der Waals surface area (Å²) in [7, 11) is 4.13. The Morgan fingerprint density at radius 3 is 2.15 bits per heavy atom. The Balaban J connectivity index is 2.22. The van der Waals surface area contributed by atoms with Crippen molar-refractivity contribution in [2.24, 2.45) is 0 Å². The molecular weight excluding hydrogens is 162 g/mol. The Morgan fingerprint density at radius 1 is 1.23 bits per heavy atom. The molecule has 1 heterocycles. The molecule has 1 aliphatic rings. The third-order valence-corrected chi connectivity index (χ3v) is 2.70. The largest absolute Gasteiger partial charge is 0.301 e. The lowest BCUT2D eigenvalue weighted by molar-refractivity contribution is 0.126. The van der Waals surface area contributed by atoms with Crippen molar-refractivity contribution in [2.45, 2.75) is 38.8 Å². The van der Waals surface area contributed by atoms with Gasteiger partial charge in [-0.05, 0) is 39.8 Å². The molecule has 78 valence electrons. The van der Waals surface area contributed by atoms with E-state index in [2.05, 4.69) is 43.3 Å². The van der Waals surface area contributed by atoms with Crippen LogP contribution in [-0.2, 0) is 0 Å². The third kappa shape index (κ3) is 3.63. The zero-order chi connectivity index (χ0) is 9.84. The molecule has 0 aromatic carbocycles. The highest BCUT2D eigenvalue weighted by Gasteiger charge is 2.20. The summed E-state index contributed by atoms with van der Waals surface area (Å²) in [6, 6.07) is 1.39. The summed E-state index contributed by atoms with van der Waals surface area (Å²) in [5, 5.41) is 2.07. The summed E-state index contributed by atoms with van der Waals surface area (Å²) < 4.78 is 0. The van der Waals surface area contributed by atoms with Gasteiger partial charge in [-0.15, -0.1) is 0 Å². The van der Waals surface area contributed by atoms with Crippen LogP contribution in [0.3, 0.4) is 0 Å². The van der Waals surface area contributed by atoms with Crippen molar-refractivity contribution in [3.8, 4) is 0 Å². The van der Waals surface area contributed by atoms with Crippen LogP contribution in [0.2, 0.25) is 0 Å². The Bertz CT molecular complexity index is 137. The normalized spacial score (nSPS) is 21.7. The minimum absolute atomic E-state index is 0.685. The van der Waals surface area contributed by atoms with Crippen LogP contribution in [0.4, 0.5) is 0 Å². The van der Waals surface area contributed by atoms with Crippen LogP contribution in [0.15, 0.2) is 0 Å². The number of hydrazine groups is 1. The molecule has 1 saturated heterocycles. The van der Waals surface area contributed by atoms with Gasteiger partial charge in [-0.25, -0.2) is 0 Å². The summed E-state index contributed by atoms with van der Waals surface area (Å²) in [6.07, 6.45) is 2.55. The van der Waals surface area contributed by atoms with E-state index in [4.69, 9.17) is 0 Å². The molecule has 0 atom stereocenters. The van der Waals surface area contributed by atoms with Gasteiger partial charge in [-0.1, -0.05) is 0 Å². The van der Waals surface area contributed by atoms with Gasteiger partial charge in [0.25, 0.3) is 0 Å². The molecule has 3 nitrogen and oxygen atoms in total. The maximum absolute atomic E-state index is 3.45. The summed E-state index contributed by atoms with van der Waals surface area (Å²) in [5.74, 6) is 0. The molecule has 13 heavy (non-hydrogen) atoms. The Hall–Kier alpha value is -0.120. The summed E-state index contributed by atoms with van der Waals surface area (Å²) in [6.45, 7) is 7.03. The molecule has 0 unspecified atom stereocenters. The minimum Gasteiger partial charge on any atom is -0.301 e. The molecule has 3 heteroatoms. The van der Waals surface area contributed by atoms with Gasteiger partial charge in [0, 0.05) is 26.2 Å². The highest BCUT2D eigenvalue weighted by Crippen LogP contribution is 2.12. The molecule has 1 fully saturated rings. The number of hydrogen-bond acceptors (Lipinski definition) is 3. The summed E-state index contributed by atoms with van der Waals surface area (Å²) >= 11 is 0. The second-order valence-electron chi connectivity index (χ2n) is 4.43. The highest BCUT2D eigenvalue weighted by molar-refractivity contribution is 4.77. The van der Waals surface area contributed by atoms with E-state index in [0.29, 0.717) is 12.1 Å². The first-order valence-electron chi connectivity index (χ1n) is 5.27. The Morgan fingerprint density at radius 2 is 1.77 bits per heavy atom. The van der Waals surface area contributed by atoms with Gasteiger partial charge in [-0.2, -0.15) is 0 Å². The van der Waals surface area contributed by atoms with Crippen LogP contribution in [-0.4, -0.2) is 49.2 Å². The average Bonchev–Trinajstić information content (AvgIpc) is 2.04. The van der Waals surface area contributed by atoms with Crippen molar-refractivity contribution in [1.82, 2.24) is 15.3 Å². The highest BCUT2D eigenvalue weighted by atomic mass is 15.5. The molecule has 1 aliphatic heterocycles. The van der Waals surface area contributed by atoms with E-state index in [0.717, 1.165) is 0 Å². The van der Waals surface area contributed by atoms with E-state index in [1.165, 1.54) is 25.9 Å². The maximum Gasteiger partial charge on any atom is 0.0239 e. The lowest BCUT2D eigenvalue weighted by Crippen LogP contribution is -2.48. The fraction of sp³-hybridized carbons (Fsp3) is 1.00. The quantitative estimate of drug-likeness (QED) is 0.660. The summed E-state index contributed by atoms with van der Waals surface area (Å²) in [4.78, 5) is 2.55. The monoisotopic (exact) mass is 185 g/mol. The molecule has 0 aromatic rings. The van der Waals surface area contributed by atoms with E-state index in [1.807, 2.05) is 0 Å². The lowest BCUT2D eigenvalue weighted by Gasteiger charge is -2.36. The second kappa shape index (κ2) is 4.94. The Labute approximate surface area is 82.1 Å². The van der Waals surface area contributed by atoms with Gasteiger partial charge < -0.3 is 4.90 Å². The molecule has 0 amide bonds. The Kier molecular flexibility index (Phi) is 4.16. The van der Waals surface area contributed by atoms with Crippen LogP contribution in [0.25, 0.3) is 0 Å². The number of nitrogens with zero attached hydrogens (tertiary/aromatic N) is 2. The van der Waals surface area contributed by atoms with E-state index in [-0.39, 0.29) is 0 Å². The molecule has 0 aliphatic carbocycles. The van der Waals surface area contributed by atoms with Crippen molar-refractivity contribution in [1.29, 1.82) is 0 Å². The molecule has 0 aromatic heterocycles. The van der Waals surface area contributed by atoms with Gasteiger partial charge in [0.15, 0.2) is 0 Å². The fourth-order valence-corrected chi connectivity index (χ4v) is 1.91. The smallest absolute Gasteiger partial charge is 0.0239 e. The zero-order valence-corrected chi connectivity index (χ0v) is 9.38. The van der Waals surface area contributed by atoms with Gasteiger partial charge >= 0.3 is 0 Å². The number of hydrogen-bond donors (Lipinski definition) is 1. The van der Waals surface area contributed by atoms with E-state index < -0.39 is 0 Å². The average molecular weight is 185 g/mol. The summed E-state index contributed by atoms with van der Waals surface area (Å²) in [5.41, 5.74) is 3.45. The van der Waals surface area contributed by atoms with Crippen molar-refractivity contribution in [3.63, 3.8) is 0 Å². The fourth-order valence-electron chi connectivity index (χ4n) is 1.91. The molecule has 1 rings (SSSR count). The van der Waals surface area contributed by atoms with E-state index >= 15 is 0 Å². The molecule has 1 N–H and O–H groups in total. The lowest BCUT2D eigenvalue weighted by atomic mass is 10.0.